The molecule has 7 heteroatoms. The van der Waals surface area contributed by atoms with Crippen LogP contribution in [-0.2, 0) is 4.79 Å². The van der Waals surface area contributed by atoms with Crippen LogP contribution in [-0.4, -0.2) is 64.7 Å². The first-order valence-corrected chi connectivity index (χ1v) is 9.56. The molecular weight excluding hydrogens is 342 g/mol. The smallest absolute Gasteiger partial charge is 0.222 e. The summed E-state index contributed by atoms with van der Waals surface area (Å²) in [5.74, 6) is 0.0381. The summed E-state index contributed by atoms with van der Waals surface area (Å²) in [6.45, 7) is 4.28. The van der Waals surface area contributed by atoms with Crippen molar-refractivity contribution in [3.8, 4) is 0 Å². The van der Waals surface area contributed by atoms with E-state index >= 15 is 0 Å². The summed E-state index contributed by atoms with van der Waals surface area (Å²) in [6, 6.07) is 5.94. The Labute approximate surface area is 160 Å². The molecule has 0 atom stereocenters. The van der Waals surface area contributed by atoms with Gasteiger partial charge >= 0.3 is 0 Å². The van der Waals surface area contributed by atoms with Crippen molar-refractivity contribution >= 4 is 22.6 Å². The Morgan fingerprint density at radius 3 is 2.78 bits per heavy atom. The van der Waals surface area contributed by atoms with E-state index in [2.05, 4.69) is 14.9 Å². The molecule has 1 fully saturated rings. The molecule has 2 aromatic rings. The summed E-state index contributed by atoms with van der Waals surface area (Å²) in [5.41, 5.74) is 8.41. The number of aryl methyl sites for hydroxylation is 1. The van der Waals surface area contributed by atoms with Crippen LogP contribution >= 0.6 is 0 Å². The van der Waals surface area contributed by atoms with Gasteiger partial charge in [-0.15, -0.1) is 0 Å². The fraction of sp³-hybridized carbons (Fsp3) is 0.550. The first-order valence-electron chi connectivity index (χ1n) is 9.56. The highest BCUT2D eigenvalue weighted by molar-refractivity contribution is 5.88. The molecule has 2 aromatic heterocycles. The monoisotopic (exact) mass is 371 g/mol. The van der Waals surface area contributed by atoms with Gasteiger partial charge in [0, 0.05) is 45.0 Å². The number of nitrogens with two attached hydrogens (primary N) is 1. The summed E-state index contributed by atoms with van der Waals surface area (Å²) in [5, 5.41) is 11.0. The van der Waals surface area contributed by atoms with E-state index < -0.39 is 5.60 Å². The molecule has 0 spiro atoms. The minimum Gasteiger partial charge on any atom is -0.388 e. The van der Waals surface area contributed by atoms with Gasteiger partial charge in [-0.3, -0.25) is 9.78 Å². The number of nitrogens with zero attached hydrogens (tertiary/aromatic N) is 4. The van der Waals surface area contributed by atoms with E-state index in [0.29, 0.717) is 38.8 Å². The number of pyridine rings is 2. The number of anilines is 1. The molecule has 1 saturated heterocycles. The van der Waals surface area contributed by atoms with Crippen molar-refractivity contribution in [3.63, 3.8) is 0 Å². The molecule has 0 unspecified atom stereocenters. The predicted octanol–water partition coefficient (Wildman–Crippen LogP) is 1.47. The molecule has 1 aliphatic rings. The molecule has 7 nitrogen and oxygen atoms in total. The standard InChI is InChI=1S/C20H29N5O2/c1-15-5-6-16-19(23-15)17(7-11-22-16)25-12-8-20(27,9-13-25)14-24(2)18(26)4-3-10-21/h5-7,11,27H,3-4,8-10,12-14,21H2,1-2H3. The molecule has 0 saturated carbocycles. The van der Waals surface area contributed by atoms with Gasteiger partial charge in [0.1, 0.15) is 5.52 Å². The number of aliphatic hydroxyl groups is 1. The van der Waals surface area contributed by atoms with Gasteiger partial charge in [0.15, 0.2) is 0 Å². The number of piperidine rings is 1. The third-order valence-electron chi connectivity index (χ3n) is 5.29. The van der Waals surface area contributed by atoms with E-state index in [1.54, 1.807) is 18.1 Å². The third-order valence-corrected chi connectivity index (χ3v) is 5.29. The number of fused-ring (bicyclic) bond motifs is 1. The van der Waals surface area contributed by atoms with E-state index in [0.717, 1.165) is 35.5 Å². The van der Waals surface area contributed by atoms with Crippen molar-refractivity contribution in [2.45, 2.75) is 38.2 Å². The quantitative estimate of drug-likeness (QED) is 0.798. The molecule has 27 heavy (non-hydrogen) atoms. The molecule has 3 N–H and O–H groups in total. The lowest BCUT2D eigenvalue weighted by Gasteiger charge is -2.41. The van der Waals surface area contributed by atoms with Crippen molar-refractivity contribution in [1.29, 1.82) is 0 Å². The SMILES string of the molecule is Cc1ccc2nccc(N3CCC(O)(CN(C)C(=O)CCCN)CC3)c2n1. The molecule has 146 valence electrons. The maximum absolute atomic E-state index is 12.1. The minimum atomic E-state index is -0.851. The van der Waals surface area contributed by atoms with Gasteiger partial charge in [0.05, 0.1) is 16.8 Å². The van der Waals surface area contributed by atoms with Crippen LogP contribution < -0.4 is 10.6 Å². The van der Waals surface area contributed by atoms with Crippen LogP contribution in [0.4, 0.5) is 5.69 Å². The lowest BCUT2D eigenvalue weighted by Crippen LogP contribution is -2.51. The second-order valence-electron chi connectivity index (χ2n) is 7.50. The number of amides is 1. The topological polar surface area (TPSA) is 95.6 Å². The Kier molecular flexibility index (Phi) is 5.92. The summed E-state index contributed by atoms with van der Waals surface area (Å²) in [7, 11) is 1.76. The number of hydrogen-bond donors (Lipinski definition) is 2. The van der Waals surface area contributed by atoms with E-state index in [9.17, 15) is 9.90 Å². The number of likely N-dealkylation sites (N-methyl/N-ethyl adjacent to an activating group) is 1. The van der Waals surface area contributed by atoms with Gasteiger partial charge in [0.2, 0.25) is 5.91 Å². The van der Waals surface area contributed by atoms with Gasteiger partial charge in [-0.2, -0.15) is 0 Å². The van der Waals surface area contributed by atoms with E-state index in [1.807, 2.05) is 25.1 Å². The predicted molar refractivity (Wildman–Crippen MR) is 107 cm³/mol. The first-order chi connectivity index (χ1) is 12.9. The van der Waals surface area contributed by atoms with Crippen LogP contribution in [0.25, 0.3) is 11.0 Å². The Balaban J connectivity index is 1.66. The zero-order chi connectivity index (χ0) is 19.4. The van der Waals surface area contributed by atoms with Crippen molar-refractivity contribution in [2.24, 2.45) is 5.73 Å². The molecule has 3 rings (SSSR count). The van der Waals surface area contributed by atoms with Gasteiger partial charge in [-0.05, 0) is 50.9 Å². The minimum absolute atomic E-state index is 0.0381. The molecular formula is C20H29N5O2. The van der Waals surface area contributed by atoms with E-state index in [4.69, 9.17) is 5.73 Å². The lowest BCUT2D eigenvalue weighted by atomic mass is 9.90. The number of aromatic nitrogens is 2. The average Bonchev–Trinajstić information content (AvgIpc) is 2.66. The van der Waals surface area contributed by atoms with Crippen LogP contribution in [0, 0.1) is 6.92 Å². The Morgan fingerprint density at radius 1 is 1.33 bits per heavy atom. The molecule has 0 aliphatic carbocycles. The fourth-order valence-corrected chi connectivity index (χ4v) is 3.66. The molecule has 3 heterocycles. The van der Waals surface area contributed by atoms with Crippen LogP contribution in [0.1, 0.15) is 31.4 Å². The number of carbonyl (C=O) groups is 1. The largest absolute Gasteiger partial charge is 0.388 e. The first kappa shape index (κ1) is 19.5. The molecule has 1 amide bonds. The average molecular weight is 371 g/mol. The number of carbonyl (C=O) groups excluding carboxylic acids is 1. The molecule has 1 aliphatic heterocycles. The maximum atomic E-state index is 12.1. The zero-order valence-electron chi connectivity index (χ0n) is 16.2. The lowest BCUT2D eigenvalue weighted by molar-refractivity contribution is -0.133. The Morgan fingerprint density at radius 2 is 2.07 bits per heavy atom. The summed E-state index contributed by atoms with van der Waals surface area (Å²) < 4.78 is 0. The van der Waals surface area contributed by atoms with Crippen molar-refractivity contribution in [2.75, 3.05) is 38.1 Å². The Bertz CT molecular complexity index is 802. The highest BCUT2D eigenvalue weighted by Gasteiger charge is 2.34. The normalized spacial score (nSPS) is 16.5. The second-order valence-corrected chi connectivity index (χ2v) is 7.50. The van der Waals surface area contributed by atoms with Gasteiger partial charge < -0.3 is 20.6 Å². The molecule has 0 aromatic carbocycles. The van der Waals surface area contributed by atoms with Crippen LogP contribution in [0.5, 0.6) is 0 Å². The van der Waals surface area contributed by atoms with Crippen LogP contribution in [0.2, 0.25) is 0 Å². The van der Waals surface area contributed by atoms with Gasteiger partial charge in [-0.1, -0.05) is 0 Å². The zero-order valence-corrected chi connectivity index (χ0v) is 16.2. The third kappa shape index (κ3) is 4.54. The molecule has 0 radical (unpaired) electrons. The van der Waals surface area contributed by atoms with Crippen molar-refractivity contribution in [1.82, 2.24) is 14.9 Å². The highest BCUT2D eigenvalue weighted by Crippen LogP contribution is 2.30. The summed E-state index contributed by atoms with van der Waals surface area (Å²) in [4.78, 5) is 25.1. The maximum Gasteiger partial charge on any atom is 0.222 e. The molecule has 0 bridgehead atoms. The van der Waals surface area contributed by atoms with E-state index in [-0.39, 0.29) is 5.91 Å². The number of hydrogen-bond acceptors (Lipinski definition) is 6. The van der Waals surface area contributed by atoms with E-state index in [1.165, 1.54) is 0 Å². The van der Waals surface area contributed by atoms with Crippen molar-refractivity contribution in [3.05, 3.63) is 30.1 Å². The van der Waals surface area contributed by atoms with Crippen LogP contribution in [0.15, 0.2) is 24.4 Å². The van der Waals surface area contributed by atoms with Gasteiger partial charge in [0.25, 0.3) is 0 Å². The fourth-order valence-electron chi connectivity index (χ4n) is 3.66. The Hall–Kier alpha value is -2.25. The number of rotatable bonds is 6. The second kappa shape index (κ2) is 8.19. The summed E-state index contributed by atoms with van der Waals surface area (Å²) in [6.07, 6.45) is 4.13. The van der Waals surface area contributed by atoms with Crippen molar-refractivity contribution < 1.29 is 9.90 Å². The summed E-state index contributed by atoms with van der Waals surface area (Å²) >= 11 is 0. The highest BCUT2D eigenvalue weighted by atomic mass is 16.3. The van der Waals surface area contributed by atoms with Crippen LogP contribution in [0.3, 0.4) is 0 Å². The van der Waals surface area contributed by atoms with Gasteiger partial charge in [-0.25, -0.2) is 4.98 Å².